The molecule has 2 aliphatic rings. The van der Waals surface area contributed by atoms with Crippen LogP contribution in [-0.2, 0) is 0 Å². The first-order chi connectivity index (χ1) is 4.38. The monoisotopic (exact) mass is 123 g/mol. The van der Waals surface area contributed by atoms with Crippen molar-refractivity contribution < 1.29 is 0 Å². The maximum Gasteiger partial charge on any atom is -0.0380 e. The van der Waals surface area contributed by atoms with Crippen LogP contribution in [-0.4, -0.2) is 0 Å². The molecule has 0 aliphatic heterocycles. The number of hydrogen-bond acceptors (Lipinski definition) is 0. The molecule has 2 atom stereocenters. The van der Waals surface area contributed by atoms with Crippen LogP contribution in [0.1, 0.15) is 32.6 Å². The Bertz CT molecular complexity index is 90.6. The van der Waals surface area contributed by atoms with Gasteiger partial charge in [0.2, 0.25) is 0 Å². The normalized spacial score (nSPS) is 49.7. The highest BCUT2D eigenvalue weighted by Gasteiger charge is 2.35. The number of fused-ring (bicyclic) bond motifs is 2. The Morgan fingerprint density at radius 1 is 1.11 bits per heavy atom. The molecule has 2 bridgehead atoms. The van der Waals surface area contributed by atoms with Crippen LogP contribution in [0.15, 0.2) is 0 Å². The molecule has 0 aromatic carbocycles. The van der Waals surface area contributed by atoms with Crippen LogP contribution in [0.2, 0.25) is 0 Å². The van der Waals surface area contributed by atoms with Gasteiger partial charge in [0.1, 0.15) is 0 Å². The molecule has 0 nitrogen and oxygen atoms in total. The third-order valence-electron chi connectivity index (χ3n) is 3.33. The SMILES string of the molecule is CC1C2C[CH]CC1CC2. The molecule has 0 N–H and O–H groups in total. The maximum absolute atomic E-state index is 2.50. The molecule has 9 heavy (non-hydrogen) atoms. The van der Waals surface area contributed by atoms with Crippen LogP contribution in [0, 0.1) is 24.2 Å². The highest BCUT2D eigenvalue weighted by molar-refractivity contribution is 4.93. The van der Waals surface area contributed by atoms with Gasteiger partial charge in [-0.1, -0.05) is 6.92 Å². The van der Waals surface area contributed by atoms with E-state index in [9.17, 15) is 0 Å². The van der Waals surface area contributed by atoms with E-state index in [1.165, 1.54) is 25.7 Å². The standard InChI is InChI=1S/C9H15/c1-7-8-3-2-4-9(7)6-5-8/h2,7-9H,3-6H2,1H3. The first kappa shape index (κ1) is 5.76. The fourth-order valence-corrected chi connectivity index (χ4v) is 2.53. The summed E-state index contributed by atoms with van der Waals surface area (Å²) in [6.07, 6.45) is 8.36. The lowest BCUT2D eigenvalue weighted by Crippen LogP contribution is -2.16. The summed E-state index contributed by atoms with van der Waals surface area (Å²) >= 11 is 0. The summed E-state index contributed by atoms with van der Waals surface area (Å²) in [5.74, 6) is 3.20. The van der Waals surface area contributed by atoms with Gasteiger partial charge >= 0.3 is 0 Å². The molecule has 0 saturated heterocycles. The molecule has 2 aliphatic carbocycles. The Hall–Kier alpha value is 0. The van der Waals surface area contributed by atoms with E-state index in [1.54, 1.807) is 0 Å². The van der Waals surface area contributed by atoms with Gasteiger partial charge in [0, 0.05) is 0 Å². The van der Waals surface area contributed by atoms with Crippen LogP contribution in [0.4, 0.5) is 0 Å². The molecule has 51 valence electrons. The minimum Gasteiger partial charge on any atom is -0.0620 e. The van der Waals surface area contributed by atoms with E-state index in [0.29, 0.717) is 0 Å². The fraction of sp³-hybridized carbons (Fsp3) is 0.889. The van der Waals surface area contributed by atoms with Crippen molar-refractivity contribution >= 4 is 0 Å². The molecule has 0 heteroatoms. The van der Waals surface area contributed by atoms with Gasteiger partial charge in [-0.15, -0.1) is 0 Å². The van der Waals surface area contributed by atoms with Crippen molar-refractivity contribution in [3.63, 3.8) is 0 Å². The van der Waals surface area contributed by atoms with Gasteiger partial charge in [0.25, 0.3) is 0 Å². The highest BCUT2D eigenvalue weighted by Crippen LogP contribution is 2.45. The summed E-state index contributed by atoms with van der Waals surface area (Å²) in [6.45, 7) is 2.44. The predicted molar refractivity (Wildman–Crippen MR) is 38.9 cm³/mol. The van der Waals surface area contributed by atoms with E-state index < -0.39 is 0 Å². The quantitative estimate of drug-likeness (QED) is 0.464. The van der Waals surface area contributed by atoms with Crippen LogP contribution in [0.3, 0.4) is 0 Å². The molecular weight excluding hydrogens is 108 g/mol. The molecule has 0 amide bonds. The Labute approximate surface area is 57.6 Å². The lowest BCUT2D eigenvalue weighted by atomic mass is 9.80. The Balaban J connectivity index is 2.10. The minimum atomic E-state index is 1.05. The Morgan fingerprint density at radius 2 is 1.67 bits per heavy atom. The van der Waals surface area contributed by atoms with Crippen molar-refractivity contribution in [3.05, 3.63) is 6.42 Å². The minimum absolute atomic E-state index is 1.05. The van der Waals surface area contributed by atoms with E-state index in [4.69, 9.17) is 0 Å². The molecule has 0 spiro atoms. The van der Waals surface area contributed by atoms with Crippen molar-refractivity contribution in [1.82, 2.24) is 0 Å². The van der Waals surface area contributed by atoms with Gasteiger partial charge in [-0.25, -0.2) is 0 Å². The van der Waals surface area contributed by atoms with E-state index in [1.807, 2.05) is 0 Å². The van der Waals surface area contributed by atoms with E-state index in [2.05, 4.69) is 13.3 Å². The first-order valence-electron chi connectivity index (χ1n) is 4.19. The smallest absolute Gasteiger partial charge is 0.0380 e. The van der Waals surface area contributed by atoms with Gasteiger partial charge in [-0.2, -0.15) is 0 Å². The molecular formula is C9H15. The molecule has 2 saturated carbocycles. The zero-order valence-electron chi connectivity index (χ0n) is 6.14. The molecule has 0 heterocycles. The van der Waals surface area contributed by atoms with Gasteiger partial charge in [-0.3, -0.25) is 0 Å². The van der Waals surface area contributed by atoms with Crippen molar-refractivity contribution in [3.8, 4) is 0 Å². The summed E-state index contributed by atoms with van der Waals surface area (Å²) in [4.78, 5) is 0. The molecule has 0 aromatic rings. The second kappa shape index (κ2) is 2.00. The molecule has 2 unspecified atom stereocenters. The van der Waals surface area contributed by atoms with Gasteiger partial charge in [0.05, 0.1) is 0 Å². The Kier molecular flexibility index (Phi) is 1.28. The number of rotatable bonds is 0. The summed E-state index contributed by atoms with van der Waals surface area (Å²) < 4.78 is 0. The van der Waals surface area contributed by atoms with Crippen LogP contribution in [0.25, 0.3) is 0 Å². The topological polar surface area (TPSA) is 0 Å². The van der Waals surface area contributed by atoms with E-state index in [-0.39, 0.29) is 0 Å². The van der Waals surface area contributed by atoms with E-state index >= 15 is 0 Å². The summed E-state index contributed by atoms with van der Waals surface area (Å²) in [5, 5.41) is 0. The lowest BCUT2D eigenvalue weighted by Gasteiger charge is -2.25. The van der Waals surface area contributed by atoms with Crippen LogP contribution >= 0.6 is 0 Å². The van der Waals surface area contributed by atoms with Crippen molar-refractivity contribution in [1.29, 1.82) is 0 Å². The predicted octanol–water partition coefficient (Wildman–Crippen LogP) is 2.65. The molecule has 2 fully saturated rings. The van der Waals surface area contributed by atoms with Gasteiger partial charge in [-0.05, 0) is 49.9 Å². The van der Waals surface area contributed by atoms with Gasteiger partial charge in [0.15, 0.2) is 0 Å². The zero-order chi connectivity index (χ0) is 6.27. The average molecular weight is 123 g/mol. The van der Waals surface area contributed by atoms with Gasteiger partial charge < -0.3 is 0 Å². The van der Waals surface area contributed by atoms with Crippen molar-refractivity contribution in [2.75, 3.05) is 0 Å². The van der Waals surface area contributed by atoms with Crippen molar-refractivity contribution in [2.45, 2.75) is 32.6 Å². The molecule has 1 radical (unpaired) electrons. The van der Waals surface area contributed by atoms with Crippen LogP contribution < -0.4 is 0 Å². The zero-order valence-corrected chi connectivity index (χ0v) is 6.14. The third kappa shape index (κ3) is 0.798. The summed E-state index contributed by atoms with van der Waals surface area (Å²) in [6, 6.07) is 0. The second-order valence-corrected chi connectivity index (χ2v) is 3.72. The van der Waals surface area contributed by atoms with Crippen LogP contribution in [0.5, 0.6) is 0 Å². The second-order valence-electron chi connectivity index (χ2n) is 3.72. The summed E-state index contributed by atoms with van der Waals surface area (Å²) in [5.41, 5.74) is 0. The molecule has 2 rings (SSSR count). The number of hydrogen-bond donors (Lipinski definition) is 0. The summed E-state index contributed by atoms with van der Waals surface area (Å²) in [7, 11) is 0. The third-order valence-corrected chi connectivity index (χ3v) is 3.33. The Morgan fingerprint density at radius 3 is 2.11 bits per heavy atom. The van der Waals surface area contributed by atoms with E-state index in [0.717, 1.165) is 17.8 Å². The van der Waals surface area contributed by atoms with Crippen molar-refractivity contribution in [2.24, 2.45) is 17.8 Å². The molecule has 0 aromatic heterocycles. The maximum atomic E-state index is 2.50. The highest BCUT2D eigenvalue weighted by atomic mass is 14.4. The lowest BCUT2D eigenvalue weighted by molar-refractivity contribution is 0.290. The fourth-order valence-electron chi connectivity index (χ4n) is 2.53. The average Bonchev–Trinajstić information content (AvgIpc) is 2.19. The largest absolute Gasteiger partial charge is 0.0620 e. The first-order valence-corrected chi connectivity index (χ1v) is 4.19.